The summed E-state index contributed by atoms with van der Waals surface area (Å²) < 4.78 is 94.4. The number of nitrogens with one attached hydrogen (secondary N) is 1. The SMILES string of the molecule is CO[C@@H](C)COc1c([C@H]2[C@H](C(=O)Nc3ccc(CO[Si](C)(C)C(C)(C)C)nc3)O[C@@](C)(C(F)(F)F)[C@H]2C)ccc(F)c1F. The van der Waals surface area contributed by atoms with Gasteiger partial charge in [0.05, 0.1) is 30.3 Å². The van der Waals surface area contributed by atoms with Gasteiger partial charge in [-0.3, -0.25) is 9.78 Å². The van der Waals surface area contributed by atoms with Gasteiger partial charge in [0.25, 0.3) is 5.91 Å². The van der Waals surface area contributed by atoms with Gasteiger partial charge in [0.1, 0.15) is 12.7 Å². The number of halogens is 5. The van der Waals surface area contributed by atoms with E-state index < -0.39 is 67.4 Å². The first-order valence-electron chi connectivity index (χ1n) is 14.0. The number of hydrogen-bond acceptors (Lipinski definition) is 6. The maximum Gasteiger partial charge on any atom is 0.417 e. The Morgan fingerprint density at radius 2 is 1.81 bits per heavy atom. The molecule has 1 aromatic heterocycles. The maximum atomic E-state index is 15.0. The molecule has 3 rings (SSSR count). The number of amides is 1. The number of rotatable bonds is 10. The number of ether oxygens (including phenoxy) is 3. The lowest BCUT2D eigenvalue weighted by Gasteiger charge is -2.36. The fraction of sp³-hybridized carbons (Fsp3) is 0.600. The molecule has 13 heteroatoms. The second-order valence-electron chi connectivity index (χ2n) is 12.7. The molecule has 1 aromatic carbocycles. The Balaban J connectivity index is 1.92. The van der Waals surface area contributed by atoms with Crippen molar-refractivity contribution in [2.24, 2.45) is 5.92 Å². The van der Waals surface area contributed by atoms with Gasteiger partial charge in [-0.15, -0.1) is 0 Å². The summed E-state index contributed by atoms with van der Waals surface area (Å²) in [4.78, 5) is 17.8. The van der Waals surface area contributed by atoms with Crippen LogP contribution >= 0.6 is 0 Å². The number of carbonyl (C=O) groups is 1. The molecular formula is C30H41F5N2O5Si. The van der Waals surface area contributed by atoms with E-state index in [9.17, 15) is 22.4 Å². The van der Waals surface area contributed by atoms with Crippen molar-refractivity contribution in [3.8, 4) is 5.75 Å². The number of hydrogen-bond donors (Lipinski definition) is 1. The largest absolute Gasteiger partial charge is 0.487 e. The van der Waals surface area contributed by atoms with E-state index in [-0.39, 0.29) is 29.5 Å². The molecule has 1 N–H and O–H groups in total. The summed E-state index contributed by atoms with van der Waals surface area (Å²) in [5, 5.41) is 2.57. The number of methoxy groups -OCH3 is 1. The minimum absolute atomic E-state index is 0.00115. The van der Waals surface area contributed by atoms with Gasteiger partial charge >= 0.3 is 6.18 Å². The predicted octanol–water partition coefficient (Wildman–Crippen LogP) is 7.37. The zero-order valence-electron chi connectivity index (χ0n) is 26.0. The summed E-state index contributed by atoms with van der Waals surface area (Å²) in [5.41, 5.74) is -2.07. The van der Waals surface area contributed by atoms with Crippen LogP contribution in [0, 0.1) is 17.6 Å². The molecule has 0 aliphatic carbocycles. The standard InChI is InChI=1S/C30H41F5N2O5Si/c1-17(39-7)15-40-25-21(12-13-22(31)24(25)32)23-18(2)29(6,30(33,34)35)42-26(23)27(38)37-19-10-11-20(36-14-19)16-41-43(8,9)28(3,4)5/h10-14,17-18,23,26H,15-16H2,1-9H3,(H,37,38)/t17-,18-,23-,26+,29+/m0/s1. The molecule has 0 radical (unpaired) electrons. The van der Waals surface area contributed by atoms with E-state index in [1.54, 1.807) is 19.1 Å². The Kier molecular flexibility index (Phi) is 10.4. The van der Waals surface area contributed by atoms with Crippen LogP contribution in [-0.2, 0) is 25.3 Å². The van der Waals surface area contributed by atoms with Crippen molar-refractivity contribution >= 4 is 19.9 Å². The van der Waals surface area contributed by atoms with E-state index >= 15 is 4.39 Å². The monoisotopic (exact) mass is 632 g/mol. The minimum Gasteiger partial charge on any atom is -0.487 e. The topological polar surface area (TPSA) is 78.9 Å². The Morgan fingerprint density at radius 1 is 1.16 bits per heavy atom. The molecule has 1 saturated heterocycles. The van der Waals surface area contributed by atoms with E-state index in [4.69, 9.17) is 18.6 Å². The molecule has 43 heavy (non-hydrogen) atoms. The van der Waals surface area contributed by atoms with Gasteiger partial charge in [-0.25, -0.2) is 4.39 Å². The highest BCUT2D eigenvalue weighted by atomic mass is 28.4. The highest BCUT2D eigenvalue weighted by Gasteiger charge is 2.66. The molecule has 7 nitrogen and oxygen atoms in total. The quantitative estimate of drug-likeness (QED) is 0.218. The van der Waals surface area contributed by atoms with Crippen molar-refractivity contribution in [1.29, 1.82) is 0 Å². The van der Waals surface area contributed by atoms with Gasteiger partial charge in [0.2, 0.25) is 5.82 Å². The molecule has 1 aliphatic heterocycles. The molecule has 1 fully saturated rings. The normalized spacial score (nSPS) is 23.7. The first kappa shape index (κ1) is 34.9. The highest BCUT2D eigenvalue weighted by molar-refractivity contribution is 6.74. The molecule has 1 aliphatic rings. The van der Waals surface area contributed by atoms with Crippen LogP contribution in [0.1, 0.15) is 58.7 Å². The number of aromatic nitrogens is 1. The summed E-state index contributed by atoms with van der Waals surface area (Å²) in [6.45, 7) is 14.3. The van der Waals surface area contributed by atoms with Crippen molar-refractivity contribution in [2.75, 3.05) is 19.0 Å². The Bertz CT molecular complexity index is 1290. The summed E-state index contributed by atoms with van der Waals surface area (Å²) in [5.74, 6) is -6.87. The van der Waals surface area contributed by atoms with Gasteiger partial charge in [-0.1, -0.05) is 33.8 Å². The molecule has 0 saturated carbocycles. The third-order valence-electron chi connectivity index (χ3n) is 8.71. The Labute approximate surface area is 250 Å². The first-order chi connectivity index (χ1) is 19.7. The number of anilines is 1. The van der Waals surface area contributed by atoms with Crippen molar-refractivity contribution in [3.05, 3.63) is 53.4 Å². The first-order valence-corrected chi connectivity index (χ1v) is 16.9. The second-order valence-corrected chi connectivity index (χ2v) is 17.5. The molecule has 1 amide bonds. The molecule has 2 heterocycles. The lowest BCUT2D eigenvalue weighted by atomic mass is 9.77. The number of benzene rings is 1. The van der Waals surface area contributed by atoms with Gasteiger partial charge in [-0.2, -0.15) is 17.6 Å². The zero-order chi connectivity index (χ0) is 32.5. The lowest BCUT2D eigenvalue weighted by Crippen LogP contribution is -2.47. The maximum absolute atomic E-state index is 15.0. The van der Waals surface area contributed by atoms with Crippen LogP contribution in [-0.4, -0.2) is 56.9 Å². The summed E-state index contributed by atoms with van der Waals surface area (Å²) in [6, 6.07) is 5.12. The third-order valence-corrected chi connectivity index (χ3v) is 13.2. The predicted molar refractivity (Wildman–Crippen MR) is 154 cm³/mol. The van der Waals surface area contributed by atoms with Crippen molar-refractivity contribution < 1.29 is 45.4 Å². The van der Waals surface area contributed by atoms with E-state index in [0.29, 0.717) is 5.69 Å². The van der Waals surface area contributed by atoms with Crippen LogP contribution in [0.25, 0.3) is 0 Å². The summed E-state index contributed by atoms with van der Waals surface area (Å²) in [7, 11) is -0.643. The Morgan fingerprint density at radius 3 is 2.35 bits per heavy atom. The molecule has 0 bridgehead atoms. The molecule has 0 spiro atoms. The van der Waals surface area contributed by atoms with E-state index in [0.717, 1.165) is 19.1 Å². The van der Waals surface area contributed by atoms with Crippen LogP contribution in [0.5, 0.6) is 5.75 Å². The molecule has 0 unspecified atom stereocenters. The van der Waals surface area contributed by atoms with Crippen molar-refractivity contribution in [2.45, 2.75) is 96.2 Å². The van der Waals surface area contributed by atoms with Gasteiger partial charge < -0.3 is 24.0 Å². The number of pyridine rings is 1. The zero-order valence-corrected chi connectivity index (χ0v) is 27.0. The lowest BCUT2D eigenvalue weighted by molar-refractivity contribution is -0.272. The molecule has 2 aromatic rings. The van der Waals surface area contributed by atoms with Crippen molar-refractivity contribution in [3.63, 3.8) is 0 Å². The molecule has 240 valence electrons. The van der Waals surface area contributed by atoms with Gasteiger partial charge in [0, 0.05) is 24.5 Å². The Hall–Kier alpha value is -2.61. The van der Waals surface area contributed by atoms with Gasteiger partial charge in [-0.05, 0) is 50.2 Å². The highest BCUT2D eigenvalue weighted by Crippen LogP contribution is 2.55. The van der Waals surface area contributed by atoms with Crippen molar-refractivity contribution in [1.82, 2.24) is 4.98 Å². The van der Waals surface area contributed by atoms with E-state index in [2.05, 4.69) is 44.2 Å². The number of alkyl halides is 3. The number of nitrogens with zero attached hydrogens (tertiary/aromatic N) is 1. The van der Waals surface area contributed by atoms with Crippen LogP contribution in [0.2, 0.25) is 18.1 Å². The molecule has 5 atom stereocenters. The average molecular weight is 633 g/mol. The van der Waals surface area contributed by atoms with Crippen LogP contribution in [0.15, 0.2) is 30.5 Å². The van der Waals surface area contributed by atoms with Crippen LogP contribution in [0.4, 0.5) is 27.6 Å². The third kappa shape index (κ3) is 7.38. The van der Waals surface area contributed by atoms with Gasteiger partial charge in [0.15, 0.2) is 25.5 Å². The molecular weight excluding hydrogens is 591 g/mol. The van der Waals surface area contributed by atoms with E-state index in [1.807, 2.05) is 0 Å². The smallest absolute Gasteiger partial charge is 0.417 e. The average Bonchev–Trinajstić information content (AvgIpc) is 3.19. The summed E-state index contributed by atoms with van der Waals surface area (Å²) in [6.07, 6.45) is -5.76. The van der Waals surface area contributed by atoms with E-state index in [1.165, 1.54) is 20.2 Å². The second kappa shape index (κ2) is 12.8. The fourth-order valence-electron chi connectivity index (χ4n) is 4.52. The fourth-order valence-corrected chi connectivity index (χ4v) is 5.46. The number of carbonyl (C=O) groups excluding carboxylic acids is 1. The summed E-state index contributed by atoms with van der Waals surface area (Å²) >= 11 is 0. The minimum atomic E-state index is -4.88. The van der Waals surface area contributed by atoms with Crippen LogP contribution in [0.3, 0.4) is 0 Å². The van der Waals surface area contributed by atoms with Crippen LogP contribution < -0.4 is 10.1 Å².